The van der Waals surface area contributed by atoms with Gasteiger partial charge in [-0.3, -0.25) is 9.78 Å². The lowest BCUT2D eigenvalue weighted by molar-refractivity contribution is 0.0784. The Hall–Kier alpha value is -1.09. The molecular formula is C14H17ClN2O. The zero-order valence-electron chi connectivity index (χ0n) is 10.3. The quantitative estimate of drug-likeness (QED) is 0.781. The van der Waals surface area contributed by atoms with Gasteiger partial charge in [-0.25, -0.2) is 0 Å². The molecule has 96 valence electrons. The molecule has 0 radical (unpaired) electrons. The van der Waals surface area contributed by atoms with Crippen LogP contribution in [0.1, 0.15) is 36.0 Å². The number of likely N-dealkylation sites (tertiary alicyclic amines) is 1. The van der Waals surface area contributed by atoms with Crippen LogP contribution in [0, 0.1) is 11.8 Å². The second-order valence-corrected chi connectivity index (χ2v) is 5.78. The standard InChI is InChI=1S/C14H17ClN2O/c15-13-7-16-6-5-12(13)14(18)17-8-10-3-1-2-4-11(10)9-17/h5-7,10-11H,1-4,8-9H2. The van der Waals surface area contributed by atoms with Crippen LogP contribution in [0.2, 0.25) is 5.02 Å². The summed E-state index contributed by atoms with van der Waals surface area (Å²) in [6.45, 7) is 1.81. The van der Waals surface area contributed by atoms with E-state index in [-0.39, 0.29) is 5.91 Å². The molecule has 3 rings (SSSR count). The van der Waals surface area contributed by atoms with E-state index in [1.54, 1.807) is 12.3 Å². The number of rotatable bonds is 1. The number of pyridine rings is 1. The maximum Gasteiger partial charge on any atom is 0.255 e. The van der Waals surface area contributed by atoms with Gasteiger partial charge >= 0.3 is 0 Å². The Balaban J connectivity index is 1.76. The van der Waals surface area contributed by atoms with Crippen molar-refractivity contribution in [3.05, 3.63) is 29.0 Å². The van der Waals surface area contributed by atoms with Gasteiger partial charge in [0.25, 0.3) is 5.91 Å². The van der Waals surface area contributed by atoms with Crippen LogP contribution in [0.5, 0.6) is 0 Å². The van der Waals surface area contributed by atoms with Gasteiger partial charge in [0.1, 0.15) is 0 Å². The van der Waals surface area contributed by atoms with E-state index < -0.39 is 0 Å². The van der Waals surface area contributed by atoms with Crippen LogP contribution in [0.25, 0.3) is 0 Å². The lowest BCUT2D eigenvalue weighted by Crippen LogP contribution is -2.29. The third-order valence-electron chi connectivity index (χ3n) is 4.27. The molecule has 2 heterocycles. The van der Waals surface area contributed by atoms with Crippen LogP contribution in [0.15, 0.2) is 18.5 Å². The van der Waals surface area contributed by atoms with Crippen LogP contribution < -0.4 is 0 Å². The number of hydrogen-bond donors (Lipinski definition) is 0. The van der Waals surface area contributed by atoms with Crippen molar-refractivity contribution in [1.29, 1.82) is 0 Å². The number of aromatic nitrogens is 1. The molecule has 0 bridgehead atoms. The second kappa shape index (κ2) is 4.88. The number of carbonyl (C=O) groups excluding carboxylic acids is 1. The molecule has 0 aromatic carbocycles. The van der Waals surface area contributed by atoms with E-state index in [4.69, 9.17) is 11.6 Å². The fourth-order valence-corrected chi connectivity index (χ4v) is 3.49. The minimum absolute atomic E-state index is 0.0665. The Morgan fingerprint density at radius 3 is 2.56 bits per heavy atom. The predicted molar refractivity (Wildman–Crippen MR) is 70.6 cm³/mol. The Morgan fingerprint density at radius 2 is 1.94 bits per heavy atom. The van der Waals surface area contributed by atoms with E-state index in [1.165, 1.54) is 31.9 Å². The summed E-state index contributed by atoms with van der Waals surface area (Å²) in [6, 6.07) is 1.71. The third kappa shape index (κ3) is 2.12. The number of nitrogens with zero attached hydrogens (tertiary/aromatic N) is 2. The minimum atomic E-state index is 0.0665. The summed E-state index contributed by atoms with van der Waals surface area (Å²) in [5, 5.41) is 0.456. The highest BCUT2D eigenvalue weighted by Gasteiger charge is 2.36. The molecule has 1 aromatic heterocycles. The fourth-order valence-electron chi connectivity index (χ4n) is 3.29. The molecule has 1 aliphatic carbocycles. The van der Waals surface area contributed by atoms with Crippen molar-refractivity contribution in [2.24, 2.45) is 11.8 Å². The molecule has 2 atom stereocenters. The van der Waals surface area contributed by atoms with Gasteiger partial charge in [0.15, 0.2) is 0 Å². The van der Waals surface area contributed by atoms with Gasteiger partial charge in [0.2, 0.25) is 0 Å². The molecule has 1 amide bonds. The monoisotopic (exact) mass is 264 g/mol. The van der Waals surface area contributed by atoms with Crippen molar-refractivity contribution in [1.82, 2.24) is 9.88 Å². The smallest absolute Gasteiger partial charge is 0.255 e. The number of fused-ring (bicyclic) bond motifs is 1. The first-order valence-electron chi connectivity index (χ1n) is 6.64. The summed E-state index contributed by atoms with van der Waals surface area (Å²) in [5.74, 6) is 1.49. The normalized spacial score (nSPS) is 27.1. The first-order valence-corrected chi connectivity index (χ1v) is 7.02. The lowest BCUT2D eigenvalue weighted by atomic mass is 9.82. The van der Waals surface area contributed by atoms with Crippen molar-refractivity contribution in [3.63, 3.8) is 0 Å². The van der Waals surface area contributed by atoms with Crippen molar-refractivity contribution >= 4 is 17.5 Å². The van der Waals surface area contributed by atoms with Gasteiger partial charge in [0.05, 0.1) is 10.6 Å². The lowest BCUT2D eigenvalue weighted by Gasteiger charge is -2.22. The third-order valence-corrected chi connectivity index (χ3v) is 4.57. The Bertz CT molecular complexity index is 449. The Morgan fingerprint density at radius 1 is 1.28 bits per heavy atom. The summed E-state index contributed by atoms with van der Waals surface area (Å²) in [4.78, 5) is 18.3. The zero-order chi connectivity index (χ0) is 12.5. The zero-order valence-corrected chi connectivity index (χ0v) is 11.1. The van der Waals surface area contributed by atoms with Crippen LogP contribution in [-0.4, -0.2) is 28.9 Å². The molecule has 0 N–H and O–H groups in total. The molecule has 1 aromatic rings. The van der Waals surface area contributed by atoms with Crippen molar-refractivity contribution in [2.75, 3.05) is 13.1 Å². The van der Waals surface area contributed by atoms with E-state index in [0.29, 0.717) is 22.4 Å². The van der Waals surface area contributed by atoms with Crippen molar-refractivity contribution in [3.8, 4) is 0 Å². The average Bonchev–Trinajstić information content (AvgIpc) is 2.82. The maximum absolute atomic E-state index is 12.4. The van der Waals surface area contributed by atoms with Crippen LogP contribution >= 0.6 is 11.6 Å². The van der Waals surface area contributed by atoms with Gasteiger partial charge in [-0.1, -0.05) is 24.4 Å². The maximum atomic E-state index is 12.4. The largest absolute Gasteiger partial charge is 0.338 e. The summed E-state index contributed by atoms with van der Waals surface area (Å²) in [5.41, 5.74) is 0.588. The molecule has 1 saturated heterocycles. The highest BCUT2D eigenvalue weighted by atomic mass is 35.5. The summed E-state index contributed by atoms with van der Waals surface area (Å²) in [7, 11) is 0. The van der Waals surface area contributed by atoms with E-state index >= 15 is 0 Å². The number of amides is 1. The summed E-state index contributed by atoms with van der Waals surface area (Å²) >= 11 is 6.04. The van der Waals surface area contributed by atoms with E-state index in [0.717, 1.165) is 13.1 Å². The summed E-state index contributed by atoms with van der Waals surface area (Å²) in [6.07, 6.45) is 8.36. The average molecular weight is 265 g/mol. The SMILES string of the molecule is O=C(c1ccncc1Cl)N1CC2CCCCC2C1. The highest BCUT2D eigenvalue weighted by molar-refractivity contribution is 6.33. The molecule has 2 aliphatic rings. The van der Waals surface area contributed by atoms with Gasteiger partial charge in [0, 0.05) is 25.5 Å². The number of hydrogen-bond acceptors (Lipinski definition) is 2. The second-order valence-electron chi connectivity index (χ2n) is 5.37. The van der Waals surface area contributed by atoms with Gasteiger partial charge < -0.3 is 4.90 Å². The van der Waals surface area contributed by atoms with Crippen molar-refractivity contribution < 1.29 is 4.79 Å². The topological polar surface area (TPSA) is 33.2 Å². The number of halogens is 1. The highest BCUT2D eigenvalue weighted by Crippen LogP contribution is 2.36. The first kappa shape index (κ1) is 12.0. The van der Waals surface area contributed by atoms with E-state index in [1.807, 2.05) is 4.90 Å². The van der Waals surface area contributed by atoms with Crippen LogP contribution in [-0.2, 0) is 0 Å². The van der Waals surface area contributed by atoms with E-state index in [9.17, 15) is 4.79 Å². The van der Waals surface area contributed by atoms with Crippen LogP contribution in [0.4, 0.5) is 0 Å². The van der Waals surface area contributed by atoms with E-state index in [2.05, 4.69) is 4.98 Å². The van der Waals surface area contributed by atoms with Gasteiger partial charge in [-0.15, -0.1) is 0 Å². The Labute approximate surface area is 112 Å². The van der Waals surface area contributed by atoms with Gasteiger partial charge in [-0.2, -0.15) is 0 Å². The molecule has 1 saturated carbocycles. The van der Waals surface area contributed by atoms with Crippen molar-refractivity contribution in [2.45, 2.75) is 25.7 Å². The fraction of sp³-hybridized carbons (Fsp3) is 0.571. The molecule has 3 nitrogen and oxygen atoms in total. The first-order chi connectivity index (χ1) is 8.75. The van der Waals surface area contributed by atoms with Crippen LogP contribution in [0.3, 0.4) is 0 Å². The predicted octanol–water partition coefficient (Wildman–Crippen LogP) is 3.00. The minimum Gasteiger partial charge on any atom is -0.338 e. The van der Waals surface area contributed by atoms with Gasteiger partial charge in [-0.05, 0) is 30.7 Å². The number of carbonyl (C=O) groups is 1. The Kier molecular flexibility index (Phi) is 3.25. The molecule has 1 aliphatic heterocycles. The molecule has 2 unspecified atom stereocenters. The molecule has 18 heavy (non-hydrogen) atoms. The summed E-state index contributed by atoms with van der Waals surface area (Å²) < 4.78 is 0. The molecular weight excluding hydrogens is 248 g/mol. The molecule has 4 heteroatoms. The molecule has 2 fully saturated rings. The molecule has 0 spiro atoms.